The van der Waals surface area contributed by atoms with Gasteiger partial charge in [0.15, 0.2) is 0 Å². The molecule has 0 atom stereocenters. The SMILES string of the molecule is [2H]c1c([2H])c([2H])c(-c2ccc3c(c2)N(c2ccc(-c4ccccc4)cc2-c2ccccc2)c2cc(C(C)(C)C)cc4c2B3c2ccc(-n3c5c([2H])c([2H])c([2H])c([2H])c5c5c([2H])c([2H])c([2H])c([2H])c53)cc2N4c2cc(-n3c4cc(C(C)(C)C)ccc4c4ccc(C(C)(C)C)cc43)ccc2C#N)c([2H])c1[2H]. The maximum absolute atomic E-state index is 11.9. The number of para-hydroxylation sites is 2. The minimum Gasteiger partial charge on any atom is -0.311 e. The van der Waals surface area contributed by atoms with Gasteiger partial charge in [-0.15, -0.1) is 0 Å². The van der Waals surface area contributed by atoms with Gasteiger partial charge in [-0.05, 0) is 162 Å². The molecule has 2 aromatic heterocycles. The average Bonchev–Trinajstić information content (AvgIpc) is 1.64. The van der Waals surface area contributed by atoms with Gasteiger partial charge in [0.25, 0.3) is 6.71 Å². The standard InChI is InChI=1S/C85H70BN5/c1-83(2,3)60-36-40-67-68-41-37-61(84(4,5)6)48-77(68)89(76(67)47-60)63-38-33-59(53-87)75(51-63)91-79-52-64(88-72-31-21-19-29-65(72)66-30-20-22-32-73(66)88)39-43-71(79)86-70-42-34-58(55-25-15-11-16-26-55)46-78(70)90(80-49-62(85(7,8)9)50-81(91)82(80)86)74-44-35-57(54-23-13-10-14-24-54)45-69(74)56-27-17-12-18-28-56/h10-52H,1-9H3/i11D,15D,16D,19D,20D,21D,22D,25D,26D,29D,30D,31D,32D. The molecule has 91 heavy (non-hydrogen) atoms. The summed E-state index contributed by atoms with van der Waals surface area (Å²) in [7, 11) is 0. The van der Waals surface area contributed by atoms with Gasteiger partial charge in [0.2, 0.25) is 0 Å². The Labute approximate surface area is 552 Å². The second kappa shape index (κ2) is 20.7. The first-order valence-corrected chi connectivity index (χ1v) is 30.9. The van der Waals surface area contributed by atoms with Crippen molar-refractivity contribution in [3.63, 3.8) is 0 Å². The fourth-order valence-corrected chi connectivity index (χ4v) is 13.9. The molecule has 0 aliphatic carbocycles. The number of nitriles is 1. The number of rotatable bonds is 7. The predicted octanol–water partition coefficient (Wildman–Crippen LogP) is 20.7. The fraction of sp³-hybridized carbons (Fsp3) is 0.141. The van der Waals surface area contributed by atoms with Gasteiger partial charge < -0.3 is 18.9 Å². The van der Waals surface area contributed by atoms with Crippen LogP contribution >= 0.6 is 0 Å². The van der Waals surface area contributed by atoms with Crippen molar-refractivity contribution in [2.45, 2.75) is 78.6 Å². The lowest BCUT2D eigenvalue weighted by molar-refractivity contribution is 0.590. The molecule has 0 N–H and O–H groups in total. The Hall–Kier alpha value is -10.6. The van der Waals surface area contributed by atoms with Gasteiger partial charge in [0, 0.05) is 61.2 Å². The van der Waals surface area contributed by atoms with Crippen molar-refractivity contribution in [1.29, 1.82) is 5.26 Å². The van der Waals surface area contributed by atoms with Crippen LogP contribution in [-0.2, 0) is 16.2 Å². The van der Waals surface area contributed by atoms with Gasteiger partial charge in [-0.25, -0.2) is 0 Å². The normalized spacial score (nSPS) is 15.0. The van der Waals surface area contributed by atoms with Crippen LogP contribution in [0.15, 0.2) is 261 Å². The molecule has 438 valence electrons. The fourth-order valence-electron chi connectivity index (χ4n) is 13.9. The summed E-state index contributed by atoms with van der Waals surface area (Å²) in [5.41, 5.74) is 15.6. The van der Waals surface area contributed by atoms with Gasteiger partial charge in [0.1, 0.15) is 6.07 Å². The van der Waals surface area contributed by atoms with E-state index in [1.54, 1.807) is 0 Å². The van der Waals surface area contributed by atoms with Gasteiger partial charge >= 0.3 is 0 Å². The second-order valence-electron chi connectivity index (χ2n) is 27.2. The molecule has 0 amide bonds. The Balaban J connectivity index is 1.08. The highest BCUT2D eigenvalue weighted by atomic mass is 15.2. The first kappa shape index (κ1) is 43.1. The van der Waals surface area contributed by atoms with E-state index in [0.29, 0.717) is 45.0 Å². The molecule has 5 nitrogen and oxygen atoms in total. The van der Waals surface area contributed by atoms with E-state index in [0.717, 1.165) is 88.7 Å². The molecule has 14 aromatic rings. The van der Waals surface area contributed by atoms with Crippen molar-refractivity contribution < 1.29 is 17.8 Å². The van der Waals surface area contributed by atoms with Crippen molar-refractivity contribution in [3.8, 4) is 50.8 Å². The number of hydrogen-bond donors (Lipinski definition) is 0. The molecule has 0 radical (unpaired) electrons. The van der Waals surface area contributed by atoms with Crippen molar-refractivity contribution in [2.75, 3.05) is 9.80 Å². The zero-order valence-corrected chi connectivity index (χ0v) is 52.1. The van der Waals surface area contributed by atoms with Gasteiger partial charge in [-0.1, -0.05) is 238 Å². The Morgan fingerprint density at radius 1 is 0.352 bits per heavy atom. The molecular formula is C85H70BN5. The predicted molar refractivity (Wildman–Crippen MR) is 386 cm³/mol. The Morgan fingerprint density at radius 2 is 0.835 bits per heavy atom. The summed E-state index contributed by atoms with van der Waals surface area (Å²) >= 11 is 0. The maximum Gasteiger partial charge on any atom is 0.252 e. The topological polar surface area (TPSA) is 40.1 Å². The number of aromatic nitrogens is 2. The third-order valence-corrected chi connectivity index (χ3v) is 18.5. The van der Waals surface area contributed by atoms with Crippen molar-refractivity contribution in [2.24, 2.45) is 0 Å². The van der Waals surface area contributed by atoms with Crippen LogP contribution in [-0.4, -0.2) is 15.8 Å². The first-order chi connectivity index (χ1) is 49.4. The van der Waals surface area contributed by atoms with Crippen LogP contribution in [0.3, 0.4) is 0 Å². The highest BCUT2D eigenvalue weighted by molar-refractivity contribution is 7.00. The average molecular weight is 1190 g/mol. The summed E-state index contributed by atoms with van der Waals surface area (Å²) in [6.07, 6.45) is 0. The zero-order chi connectivity index (χ0) is 73.6. The smallest absolute Gasteiger partial charge is 0.252 e. The van der Waals surface area contributed by atoms with E-state index in [1.807, 2.05) is 84.9 Å². The molecule has 0 unspecified atom stereocenters. The highest BCUT2D eigenvalue weighted by Crippen LogP contribution is 2.51. The molecule has 6 heteroatoms. The number of anilines is 6. The quantitative estimate of drug-likeness (QED) is 0.149. The molecule has 4 heterocycles. The van der Waals surface area contributed by atoms with E-state index >= 15 is 0 Å². The lowest BCUT2D eigenvalue weighted by Crippen LogP contribution is -2.61. The molecule has 2 aliphatic heterocycles. The third kappa shape index (κ3) is 9.04. The number of hydrogen-bond acceptors (Lipinski definition) is 3. The van der Waals surface area contributed by atoms with Crippen LogP contribution in [0.1, 0.15) is 102 Å². The maximum atomic E-state index is 11.9. The van der Waals surface area contributed by atoms with Crippen LogP contribution in [0, 0.1) is 11.3 Å². The molecule has 0 saturated carbocycles. The molecule has 2 aliphatic rings. The number of benzene rings is 12. The van der Waals surface area contributed by atoms with E-state index in [9.17, 15) is 13.5 Å². The molecular weight excluding hydrogens is 1100 g/mol. The van der Waals surface area contributed by atoms with E-state index in [1.165, 1.54) is 4.57 Å². The Bertz CT molecular complexity index is 5960. The van der Waals surface area contributed by atoms with Crippen LogP contribution < -0.4 is 26.2 Å². The van der Waals surface area contributed by atoms with Crippen molar-refractivity contribution >= 4 is 101 Å². The van der Waals surface area contributed by atoms with Gasteiger partial charge in [-0.2, -0.15) is 5.26 Å². The monoisotopic (exact) mass is 1180 g/mol. The summed E-state index contributed by atoms with van der Waals surface area (Å²) in [6.45, 7) is 18.9. The lowest BCUT2D eigenvalue weighted by Gasteiger charge is -2.45. The summed E-state index contributed by atoms with van der Waals surface area (Å²) in [5, 5.41) is 13.9. The Morgan fingerprint density at radius 3 is 1.42 bits per heavy atom. The minimum atomic E-state index is -0.691. The summed E-state index contributed by atoms with van der Waals surface area (Å²) in [4.78, 5) is 4.37. The second-order valence-corrected chi connectivity index (χ2v) is 27.2. The van der Waals surface area contributed by atoms with Crippen LogP contribution in [0.5, 0.6) is 0 Å². The summed E-state index contributed by atoms with van der Waals surface area (Å²) in [6, 6.07) is 58.2. The van der Waals surface area contributed by atoms with Crippen molar-refractivity contribution in [3.05, 3.63) is 283 Å². The zero-order valence-electron chi connectivity index (χ0n) is 65.1. The van der Waals surface area contributed by atoms with E-state index in [2.05, 4.69) is 180 Å². The number of fused-ring (bicyclic) bond motifs is 10. The van der Waals surface area contributed by atoms with Crippen LogP contribution in [0.2, 0.25) is 0 Å². The molecule has 12 aromatic carbocycles. The highest BCUT2D eigenvalue weighted by Gasteiger charge is 2.45. The molecule has 0 bridgehead atoms. The number of nitrogens with zero attached hydrogens (tertiary/aromatic N) is 5. The van der Waals surface area contributed by atoms with E-state index < -0.39 is 78.6 Å². The first-order valence-electron chi connectivity index (χ1n) is 37.4. The third-order valence-electron chi connectivity index (χ3n) is 18.5. The summed E-state index contributed by atoms with van der Waals surface area (Å²) in [5.74, 6) is 0. The van der Waals surface area contributed by atoms with E-state index in [4.69, 9.17) is 9.60 Å². The van der Waals surface area contributed by atoms with Gasteiger partial charge in [-0.3, -0.25) is 0 Å². The molecule has 0 spiro atoms. The van der Waals surface area contributed by atoms with Gasteiger partial charge in [0.05, 0.1) is 56.8 Å². The lowest BCUT2D eigenvalue weighted by atomic mass is 9.33. The largest absolute Gasteiger partial charge is 0.311 e. The van der Waals surface area contributed by atoms with Crippen LogP contribution in [0.25, 0.3) is 88.4 Å². The Kier molecular flexibility index (Phi) is 9.83. The van der Waals surface area contributed by atoms with E-state index in [-0.39, 0.29) is 50.3 Å². The molecule has 0 saturated heterocycles. The van der Waals surface area contributed by atoms with Crippen molar-refractivity contribution in [1.82, 2.24) is 9.13 Å². The molecule has 0 fully saturated rings. The van der Waals surface area contributed by atoms with Crippen LogP contribution in [0.4, 0.5) is 34.1 Å². The summed E-state index contributed by atoms with van der Waals surface area (Å²) < 4.78 is 124. The minimum absolute atomic E-state index is 0.0230. The molecule has 16 rings (SSSR count).